The first-order valence-corrected chi connectivity index (χ1v) is 7.64. The standard InChI is InChI=1S/C19H18O3/c1-21-15-6-2-13(3-7-15)19(20)22-11-14-10-18-16-8-4-12(14)5-9-17(16)18/h2-10,12,16-18H,11H2,1H3. The summed E-state index contributed by atoms with van der Waals surface area (Å²) in [6.07, 6.45) is 11.4. The molecule has 0 amide bonds. The number of hydrogen-bond acceptors (Lipinski definition) is 3. The number of hydrogen-bond donors (Lipinski definition) is 0. The Kier molecular flexibility index (Phi) is 3.14. The Morgan fingerprint density at radius 3 is 2.32 bits per heavy atom. The van der Waals surface area contributed by atoms with Crippen molar-refractivity contribution in [2.45, 2.75) is 0 Å². The van der Waals surface area contributed by atoms with E-state index in [2.05, 4.69) is 30.4 Å². The fraction of sp³-hybridized carbons (Fsp3) is 0.316. The van der Waals surface area contributed by atoms with Gasteiger partial charge >= 0.3 is 5.97 Å². The second-order valence-electron chi connectivity index (χ2n) is 6.07. The number of benzene rings is 1. The van der Waals surface area contributed by atoms with Gasteiger partial charge in [-0.05, 0) is 47.6 Å². The number of methoxy groups -OCH3 is 1. The summed E-state index contributed by atoms with van der Waals surface area (Å²) in [5.74, 6) is 2.66. The van der Waals surface area contributed by atoms with Gasteiger partial charge in [0.2, 0.25) is 0 Å². The molecule has 3 heteroatoms. The SMILES string of the molecule is COc1ccc(C(=O)OCC2=CC3C4C=CC2C=CC43)cc1. The summed E-state index contributed by atoms with van der Waals surface area (Å²) >= 11 is 0. The van der Waals surface area contributed by atoms with Crippen LogP contribution in [0.3, 0.4) is 0 Å². The number of carbonyl (C=O) groups is 1. The van der Waals surface area contributed by atoms with Gasteiger partial charge in [0, 0.05) is 5.92 Å². The van der Waals surface area contributed by atoms with Crippen molar-refractivity contribution in [3.63, 3.8) is 0 Å². The molecule has 0 N–H and O–H groups in total. The van der Waals surface area contributed by atoms with Gasteiger partial charge in [0.15, 0.2) is 0 Å². The molecule has 0 saturated heterocycles. The van der Waals surface area contributed by atoms with E-state index in [-0.39, 0.29) is 11.9 Å². The van der Waals surface area contributed by atoms with Crippen molar-refractivity contribution >= 4 is 5.97 Å². The van der Waals surface area contributed by atoms with Crippen LogP contribution in [0.1, 0.15) is 10.4 Å². The molecule has 4 aliphatic rings. The van der Waals surface area contributed by atoms with Crippen LogP contribution in [0.2, 0.25) is 0 Å². The maximum atomic E-state index is 12.1. The monoisotopic (exact) mass is 294 g/mol. The lowest BCUT2D eigenvalue weighted by atomic mass is 10.00. The van der Waals surface area contributed by atoms with Gasteiger partial charge < -0.3 is 9.47 Å². The van der Waals surface area contributed by atoms with Crippen molar-refractivity contribution in [2.24, 2.45) is 23.7 Å². The van der Waals surface area contributed by atoms with Crippen molar-refractivity contribution in [3.8, 4) is 5.75 Å². The summed E-state index contributed by atoms with van der Waals surface area (Å²) in [4.78, 5) is 12.1. The van der Waals surface area contributed by atoms with Gasteiger partial charge in [-0.1, -0.05) is 30.4 Å². The first-order valence-electron chi connectivity index (χ1n) is 7.64. The Morgan fingerprint density at radius 2 is 1.68 bits per heavy atom. The van der Waals surface area contributed by atoms with Crippen LogP contribution in [0.5, 0.6) is 5.75 Å². The topological polar surface area (TPSA) is 35.5 Å². The minimum Gasteiger partial charge on any atom is -0.497 e. The molecule has 1 aromatic rings. The van der Waals surface area contributed by atoms with E-state index in [4.69, 9.17) is 9.47 Å². The predicted molar refractivity (Wildman–Crippen MR) is 83.6 cm³/mol. The second-order valence-corrected chi connectivity index (χ2v) is 6.07. The van der Waals surface area contributed by atoms with Crippen LogP contribution in [0.25, 0.3) is 0 Å². The van der Waals surface area contributed by atoms with Crippen molar-refractivity contribution in [3.05, 3.63) is 65.8 Å². The van der Waals surface area contributed by atoms with Crippen molar-refractivity contribution < 1.29 is 14.3 Å². The number of ether oxygens (including phenoxy) is 2. The van der Waals surface area contributed by atoms with Crippen LogP contribution in [0.4, 0.5) is 0 Å². The highest BCUT2D eigenvalue weighted by atomic mass is 16.5. The van der Waals surface area contributed by atoms with Crippen LogP contribution >= 0.6 is 0 Å². The molecule has 112 valence electrons. The zero-order chi connectivity index (χ0) is 15.1. The molecule has 0 aliphatic heterocycles. The lowest BCUT2D eigenvalue weighted by Crippen LogP contribution is -2.11. The second kappa shape index (κ2) is 5.16. The summed E-state index contributed by atoms with van der Waals surface area (Å²) in [6, 6.07) is 6.99. The first kappa shape index (κ1) is 13.4. The molecule has 4 bridgehead atoms. The van der Waals surface area contributed by atoms with E-state index in [0.29, 0.717) is 29.9 Å². The summed E-state index contributed by atoms with van der Waals surface area (Å²) in [5, 5.41) is 0. The van der Waals surface area contributed by atoms with E-state index in [1.54, 1.807) is 31.4 Å². The molecule has 0 spiro atoms. The Labute approximate surface area is 129 Å². The fourth-order valence-corrected chi connectivity index (χ4v) is 3.39. The Hall–Kier alpha value is -2.29. The molecular weight excluding hydrogens is 276 g/mol. The van der Waals surface area contributed by atoms with Crippen LogP contribution < -0.4 is 4.74 Å². The average Bonchev–Trinajstić information content (AvgIpc) is 3.30. The van der Waals surface area contributed by atoms with Crippen LogP contribution in [0, 0.1) is 23.7 Å². The lowest BCUT2D eigenvalue weighted by molar-refractivity contribution is 0.0535. The van der Waals surface area contributed by atoms with Crippen molar-refractivity contribution in [1.82, 2.24) is 0 Å². The quantitative estimate of drug-likeness (QED) is 0.630. The van der Waals surface area contributed by atoms with E-state index in [1.807, 2.05) is 0 Å². The number of rotatable bonds is 4. The molecule has 22 heavy (non-hydrogen) atoms. The van der Waals surface area contributed by atoms with Gasteiger partial charge in [-0.2, -0.15) is 0 Å². The molecule has 4 aliphatic carbocycles. The third-order valence-electron chi connectivity index (χ3n) is 4.80. The number of allylic oxidation sites excluding steroid dienone is 5. The van der Waals surface area contributed by atoms with Gasteiger partial charge in [0.1, 0.15) is 12.4 Å². The molecular formula is C19H18O3. The predicted octanol–water partition coefficient (Wildman–Crippen LogP) is 3.40. The minimum atomic E-state index is -0.289. The van der Waals surface area contributed by atoms with Crippen LogP contribution in [-0.2, 0) is 4.74 Å². The number of carbonyl (C=O) groups excluding carboxylic acids is 1. The normalized spacial score (nSPS) is 30.3. The van der Waals surface area contributed by atoms with E-state index < -0.39 is 0 Å². The molecule has 1 aromatic carbocycles. The summed E-state index contributed by atoms with van der Waals surface area (Å²) < 4.78 is 10.6. The van der Waals surface area contributed by atoms with E-state index >= 15 is 0 Å². The molecule has 0 radical (unpaired) electrons. The smallest absolute Gasteiger partial charge is 0.338 e. The lowest BCUT2D eigenvalue weighted by Gasteiger charge is -2.13. The van der Waals surface area contributed by atoms with E-state index in [9.17, 15) is 4.79 Å². The third kappa shape index (κ3) is 2.27. The van der Waals surface area contributed by atoms with E-state index in [1.165, 1.54) is 5.57 Å². The molecule has 0 aromatic heterocycles. The minimum absolute atomic E-state index is 0.281. The Balaban J connectivity index is 1.43. The highest BCUT2D eigenvalue weighted by molar-refractivity contribution is 5.89. The van der Waals surface area contributed by atoms with Gasteiger partial charge in [-0.15, -0.1) is 0 Å². The van der Waals surface area contributed by atoms with Gasteiger partial charge in [0.25, 0.3) is 0 Å². The summed E-state index contributed by atoms with van der Waals surface area (Å²) in [5.41, 5.74) is 1.75. The highest BCUT2D eigenvalue weighted by Crippen LogP contribution is 2.54. The highest BCUT2D eigenvalue weighted by Gasteiger charge is 2.47. The first-order chi connectivity index (χ1) is 10.8. The fourth-order valence-electron chi connectivity index (χ4n) is 3.39. The maximum Gasteiger partial charge on any atom is 0.338 e. The largest absolute Gasteiger partial charge is 0.497 e. The van der Waals surface area contributed by atoms with Gasteiger partial charge in [-0.3, -0.25) is 0 Å². The third-order valence-corrected chi connectivity index (χ3v) is 4.80. The Morgan fingerprint density at radius 1 is 1.00 bits per heavy atom. The van der Waals surface area contributed by atoms with Gasteiger partial charge in [0.05, 0.1) is 12.7 Å². The van der Waals surface area contributed by atoms with Gasteiger partial charge in [-0.25, -0.2) is 4.79 Å². The van der Waals surface area contributed by atoms with Crippen molar-refractivity contribution in [2.75, 3.05) is 13.7 Å². The molecule has 0 heterocycles. The maximum absolute atomic E-state index is 12.1. The molecule has 1 fully saturated rings. The Bertz CT molecular complexity index is 661. The summed E-state index contributed by atoms with van der Waals surface area (Å²) in [7, 11) is 1.60. The number of esters is 1. The molecule has 1 saturated carbocycles. The molecule has 2 atom stereocenters. The zero-order valence-corrected chi connectivity index (χ0v) is 12.4. The molecule has 2 unspecified atom stereocenters. The van der Waals surface area contributed by atoms with Crippen LogP contribution in [0.15, 0.2) is 60.2 Å². The van der Waals surface area contributed by atoms with E-state index in [0.717, 1.165) is 5.75 Å². The summed E-state index contributed by atoms with van der Waals surface area (Å²) in [6.45, 7) is 0.361. The van der Waals surface area contributed by atoms with Crippen LogP contribution in [-0.4, -0.2) is 19.7 Å². The van der Waals surface area contributed by atoms with Crippen molar-refractivity contribution in [1.29, 1.82) is 0 Å². The average molecular weight is 294 g/mol. The zero-order valence-electron chi connectivity index (χ0n) is 12.4. The molecule has 5 rings (SSSR count). The molecule has 3 nitrogen and oxygen atoms in total.